The maximum Gasteiger partial charge on any atom is 0.400 e. The zero-order valence-electron chi connectivity index (χ0n) is 20.7. The minimum atomic E-state index is -3.49. The predicted octanol–water partition coefficient (Wildman–Crippen LogP) is 7.65. The zero-order valence-corrected chi connectivity index (χ0v) is 20.7. The molecule has 0 unspecified atom stereocenters. The molecule has 208 valence electrons. The first-order valence-corrected chi connectivity index (χ1v) is 12.4. The fourth-order valence-electron chi connectivity index (χ4n) is 5.27. The molecule has 3 rings (SSSR count). The summed E-state index contributed by atoms with van der Waals surface area (Å²) in [6.07, 6.45) is -2.02. The number of halogens is 4. The Bertz CT molecular complexity index is 1060. The van der Waals surface area contributed by atoms with Crippen LogP contribution < -0.4 is 4.74 Å². The van der Waals surface area contributed by atoms with Gasteiger partial charge in [0, 0.05) is 18.2 Å². The number of benzene rings is 1. The molecule has 0 N–H and O–H groups in total. The van der Waals surface area contributed by atoms with Crippen molar-refractivity contribution in [1.29, 1.82) is 0 Å². The highest BCUT2D eigenvalue weighted by molar-refractivity contribution is 5.36. The van der Waals surface area contributed by atoms with Crippen LogP contribution in [0.25, 0.3) is 0 Å². The summed E-state index contributed by atoms with van der Waals surface area (Å²) in [6, 6.07) is 4.50. The molecule has 2 aliphatic carbocycles. The van der Waals surface area contributed by atoms with Gasteiger partial charge in [-0.05, 0) is 88.0 Å². The van der Waals surface area contributed by atoms with E-state index in [4.69, 9.17) is 9.47 Å². The van der Waals surface area contributed by atoms with Gasteiger partial charge in [0.25, 0.3) is 11.4 Å². The second-order valence-electron chi connectivity index (χ2n) is 9.85. The van der Waals surface area contributed by atoms with Crippen LogP contribution >= 0.6 is 0 Å². The number of hydrogen-bond donors (Lipinski definition) is 0. The first kappa shape index (κ1) is 29.1. The van der Waals surface area contributed by atoms with E-state index in [-0.39, 0.29) is 49.0 Å². The molecule has 0 saturated heterocycles. The number of rotatable bonds is 11. The molecule has 0 amide bonds. The SMILES string of the molecule is C=C(/C=C\C(=C)[N+](=O)[O-])OC(F)(F)C1CCC(C2CCC(C(F)(F)Oc3ccc([N+](=O)[O-])cc3)CC2)CC1. The average molecular weight is 543 g/mol. The smallest absolute Gasteiger partial charge is 0.400 e. The van der Waals surface area contributed by atoms with Crippen LogP contribution in [0.4, 0.5) is 23.2 Å². The van der Waals surface area contributed by atoms with Gasteiger partial charge in [-0.3, -0.25) is 20.2 Å². The number of non-ortho nitro benzene ring substituents is 1. The summed E-state index contributed by atoms with van der Waals surface area (Å²) in [6.45, 7) is 6.54. The minimum absolute atomic E-state index is 0.148. The van der Waals surface area contributed by atoms with Crippen molar-refractivity contribution >= 4 is 5.69 Å². The van der Waals surface area contributed by atoms with Crippen molar-refractivity contribution in [2.45, 2.75) is 63.6 Å². The molecule has 2 saturated carbocycles. The third kappa shape index (κ3) is 7.55. The Morgan fingerprint density at radius 3 is 1.74 bits per heavy atom. The summed E-state index contributed by atoms with van der Waals surface area (Å²) in [5.74, 6) is -2.30. The normalized spacial score (nSPS) is 24.5. The summed E-state index contributed by atoms with van der Waals surface area (Å²) in [7, 11) is 0. The van der Waals surface area contributed by atoms with Crippen molar-refractivity contribution in [3.63, 3.8) is 0 Å². The predicted molar refractivity (Wildman–Crippen MR) is 130 cm³/mol. The van der Waals surface area contributed by atoms with Gasteiger partial charge in [-0.25, -0.2) is 0 Å². The maximum atomic E-state index is 14.7. The highest BCUT2D eigenvalue weighted by Gasteiger charge is 2.47. The Balaban J connectivity index is 1.46. The van der Waals surface area contributed by atoms with Gasteiger partial charge in [0.15, 0.2) is 0 Å². The van der Waals surface area contributed by atoms with Crippen molar-refractivity contribution in [1.82, 2.24) is 0 Å². The van der Waals surface area contributed by atoms with E-state index >= 15 is 0 Å². The molecule has 12 heteroatoms. The van der Waals surface area contributed by atoms with Gasteiger partial charge in [0.2, 0.25) is 0 Å². The monoisotopic (exact) mass is 542 g/mol. The lowest BCUT2D eigenvalue weighted by Gasteiger charge is -2.40. The van der Waals surface area contributed by atoms with Crippen LogP contribution in [0.3, 0.4) is 0 Å². The molecular weight excluding hydrogens is 512 g/mol. The van der Waals surface area contributed by atoms with E-state index in [1.807, 2.05) is 0 Å². The summed E-state index contributed by atoms with van der Waals surface area (Å²) < 4.78 is 68.3. The van der Waals surface area contributed by atoms with Crippen molar-refractivity contribution in [3.8, 4) is 5.75 Å². The van der Waals surface area contributed by atoms with Crippen molar-refractivity contribution in [3.05, 3.63) is 81.3 Å². The van der Waals surface area contributed by atoms with Gasteiger partial charge in [-0.1, -0.05) is 6.58 Å². The van der Waals surface area contributed by atoms with E-state index in [1.165, 1.54) is 0 Å². The summed E-state index contributed by atoms with van der Waals surface area (Å²) in [4.78, 5) is 19.9. The lowest BCUT2D eigenvalue weighted by Crippen LogP contribution is -2.39. The van der Waals surface area contributed by atoms with Crippen LogP contribution in [0.15, 0.2) is 61.0 Å². The zero-order chi connectivity index (χ0) is 28.1. The number of allylic oxidation sites excluding steroid dienone is 2. The van der Waals surface area contributed by atoms with Gasteiger partial charge in [0.1, 0.15) is 11.5 Å². The van der Waals surface area contributed by atoms with Crippen molar-refractivity contribution in [2.75, 3.05) is 0 Å². The number of ether oxygens (including phenoxy) is 2. The van der Waals surface area contributed by atoms with Crippen LogP contribution in [0.5, 0.6) is 5.75 Å². The van der Waals surface area contributed by atoms with Crippen molar-refractivity contribution in [2.24, 2.45) is 23.7 Å². The number of nitrogens with zero attached hydrogens (tertiary/aromatic N) is 2. The number of nitro benzene ring substituents is 1. The van der Waals surface area contributed by atoms with E-state index in [9.17, 15) is 37.8 Å². The Morgan fingerprint density at radius 2 is 1.29 bits per heavy atom. The lowest BCUT2D eigenvalue weighted by atomic mass is 9.69. The van der Waals surface area contributed by atoms with E-state index < -0.39 is 45.4 Å². The molecule has 0 spiro atoms. The molecule has 0 heterocycles. The third-order valence-corrected chi connectivity index (χ3v) is 7.43. The number of hydrogen-bond acceptors (Lipinski definition) is 6. The molecule has 1 aromatic carbocycles. The Kier molecular flexibility index (Phi) is 9.16. The molecule has 0 radical (unpaired) electrons. The fourth-order valence-corrected chi connectivity index (χ4v) is 5.27. The van der Waals surface area contributed by atoms with Crippen LogP contribution in [0.1, 0.15) is 51.4 Å². The summed E-state index contributed by atoms with van der Waals surface area (Å²) in [5, 5.41) is 21.3. The molecular formula is C26H30F4N2O6. The van der Waals surface area contributed by atoms with E-state index in [1.54, 1.807) is 0 Å². The highest BCUT2D eigenvalue weighted by atomic mass is 19.3. The second-order valence-corrected chi connectivity index (χ2v) is 9.85. The fraction of sp³-hybridized carbons (Fsp3) is 0.538. The topological polar surface area (TPSA) is 105 Å². The third-order valence-electron chi connectivity index (χ3n) is 7.43. The Morgan fingerprint density at radius 1 is 0.816 bits per heavy atom. The number of alkyl halides is 4. The standard InChI is InChI=1S/C26H30F4N2O6/c1-17(31(33)34)3-4-18(2)37-25(27,28)21-9-5-19(6-10-21)20-7-11-22(12-8-20)26(29,30)38-24-15-13-23(14-16-24)32(35)36/h3-4,13-16,19-22H,1-2,5-12H2/b4-3-. The molecule has 38 heavy (non-hydrogen) atoms. The molecule has 8 nitrogen and oxygen atoms in total. The van der Waals surface area contributed by atoms with Crippen LogP contribution in [-0.4, -0.2) is 22.1 Å². The maximum absolute atomic E-state index is 14.7. The quantitative estimate of drug-likeness (QED) is 0.0935. The highest BCUT2D eigenvalue weighted by Crippen LogP contribution is 2.48. The van der Waals surface area contributed by atoms with Crippen LogP contribution in [0, 0.1) is 43.9 Å². The first-order valence-electron chi connectivity index (χ1n) is 12.4. The summed E-state index contributed by atoms with van der Waals surface area (Å²) in [5.41, 5.74) is -0.704. The number of nitro groups is 2. The minimum Gasteiger partial charge on any atom is -0.433 e. The molecule has 0 bridgehead atoms. The van der Waals surface area contributed by atoms with E-state index in [2.05, 4.69) is 13.2 Å². The molecule has 2 aliphatic rings. The van der Waals surface area contributed by atoms with Crippen LogP contribution in [0.2, 0.25) is 0 Å². The Labute approximate surface area is 217 Å². The van der Waals surface area contributed by atoms with Gasteiger partial charge in [-0.15, -0.1) is 0 Å². The average Bonchev–Trinajstić information content (AvgIpc) is 2.87. The first-order chi connectivity index (χ1) is 17.8. The lowest BCUT2D eigenvalue weighted by molar-refractivity contribution is -0.418. The second kappa shape index (κ2) is 12.0. The largest absolute Gasteiger partial charge is 0.433 e. The molecule has 1 aromatic rings. The van der Waals surface area contributed by atoms with Gasteiger partial charge >= 0.3 is 12.2 Å². The molecule has 0 aromatic heterocycles. The van der Waals surface area contributed by atoms with Crippen LogP contribution in [-0.2, 0) is 4.74 Å². The molecule has 2 fully saturated rings. The van der Waals surface area contributed by atoms with Crippen molar-refractivity contribution < 1.29 is 36.9 Å². The molecule has 0 atom stereocenters. The van der Waals surface area contributed by atoms with Gasteiger partial charge in [0.05, 0.1) is 21.7 Å². The Hall–Kier alpha value is -3.44. The van der Waals surface area contributed by atoms with E-state index in [0.29, 0.717) is 25.7 Å². The van der Waals surface area contributed by atoms with E-state index in [0.717, 1.165) is 36.4 Å². The summed E-state index contributed by atoms with van der Waals surface area (Å²) >= 11 is 0. The van der Waals surface area contributed by atoms with Gasteiger partial charge < -0.3 is 9.47 Å². The molecule has 0 aliphatic heterocycles. The van der Waals surface area contributed by atoms with Gasteiger partial charge in [-0.2, -0.15) is 17.6 Å².